The molecule has 2 aromatic carbocycles. The molecule has 0 radical (unpaired) electrons. The Morgan fingerprint density at radius 1 is 1.17 bits per heavy atom. The number of fused-ring (bicyclic) bond motifs is 1. The molecule has 0 atom stereocenters. The predicted molar refractivity (Wildman–Crippen MR) is 71.6 cm³/mol. The average Bonchev–Trinajstić information content (AvgIpc) is 2.37. The first-order valence-corrected chi connectivity index (χ1v) is 5.75. The van der Waals surface area contributed by atoms with Gasteiger partial charge in [-0.1, -0.05) is 30.3 Å². The minimum absolute atomic E-state index is 0.659. The van der Waals surface area contributed by atoms with Crippen LogP contribution in [0.1, 0.15) is 19.4 Å². The third-order valence-electron chi connectivity index (χ3n) is 3.05. The summed E-state index contributed by atoms with van der Waals surface area (Å²) in [6.07, 6.45) is 1.64. The lowest BCUT2D eigenvalue weighted by atomic mass is 9.89. The Balaban J connectivity index is 2.84. The van der Waals surface area contributed by atoms with Crippen LogP contribution in [0, 0.1) is 0 Å². The molecule has 0 fully saturated rings. The van der Waals surface area contributed by atoms with E-state index in [2.05, 4.69) is 4.99 Å². The molecular formula is C15H15NO2. The fourth-order valence-electron chi connectivity index (χ4n) is 2.22. The first-order valence-electron chi connectivity index (χ1n) is 5.75. The molecule has 0 bridgehead atoms. The first-order chi connectivity index (χ1) is 8.60. The maximum absolute atomic E-state index is 10.6. The van der Waals surface area contributed by atoms with Crippen LogP contribution in [0.5, 0.6) is 5.75 Å². The molecule has 0 saturated carbocycles. The van der Waals surface area contributed by atoms with Gasteiger partial charge in [-0.15, -0.1) is 0 Å². The summed E-state index contributed by atoms with van der Waals surface area (Å²) in [4.78, 5) is 14.5. The van der Waals surface area contributed by atoms with Crippen LogP contribution in [0.3, 0.4) is 0 Å². The molecule has 3 heteroatoms. The van der Waals surface area contributed by atoms with E-state index in [0.29, 0.717) is 0 Å². The molecule has 92 valence electrons. The number of hydrogen-bond donors (Lipinski definition) is 0. The molecule has 0 aliphatic heterocycles. The number of methoxy groups -OCH3 is 1. The van der Waals surface area contributed by atoms with Gasteiger partial charge < -0.3 is 4.74 Å². The van der Waals surface area contributed by atoms with Crippen molar-refractivity contribution in [3.63, 3.8) is 0 Å². The zero-order valence-corrected chi connectivity index (χ0v) is 10.7. The highest BCUT2D eigenvalue weighted by Crippen LogP contribution is 2.38. The van der Waals surface area contributed by atoms with E-state index in [1.807, 2.05) is 50.2 Å². The summed E-state index contributed by atoms with van der Waals surface area (Å²) in [7, 11) is 1.62. The van der Waals surface area contributed by atoms with Gasteiger partial charge in [-0.3, -0.25) is 0 Å². The summed E-state index contributed by atoms with van der Waals surface area (Å²) in [5.41, 5.74) is 0.250. The van der Waals surface area contributed by atoms with Gasteiger partial charge in [0.2, 0.25) is 6.08 Å². The minimum atomic E-state index is -0.659. The molecule has 0 amide bonds. The quantitative estimate of drug-likeness (QED) is 0.610. The van der Waals surface area contributed by atoms with Crippen LogP contribution in [-0.4, -0.2) is 13.2 Å². The van der Waals surface area contributed by atoms with E-state index in [9.17, 15) is 4.79 Å². The normalized spacial score (nSPS) is 11.1. The third-order valence-corrected chi connectivity index (χ3v) is 3.05. The van der Waals surface area contributed by atoms with Crippen molar-refractivity contribution in [2.75, 3.05) is 7.11 Å². The lowest BCUT2D eigenvalue weighted by molar-refractivity contribution is 0.396. The van der Waals surface area contributed by atoms with Crippen LogP contribution in [0.2, 0.25) is 0 Å². The molecule has 0 N–H and O–H groups in total. The lowest BCUT2D eigenvalue weighted by Crippen LogP contribution is -2.15. The SMILES string of the molecule is COc1ccc2ccccc2c1C(C)(C)N=C=O. The van der Waals surface area contributed by atoms with E-state index in [0.717, 1.165) is 22.1 Å². The monoisotopic (exact) mass is 241 g/mol. The van der Waals surface area contributed by atoms with E-state index < -0.39 is 5.54 Å². The van der Waals surface area contributed by atoms with E-state index in [1.165, 1.54) is 0 Å². The Kier molecular flexibility index (Phi) is 3.17. The second kappa shape index (κ2) is 4.63. The van der Waals surface area contributed by atoms with Crippen molar-refractivity contribution in [3.05, 3.63) is 42.0 Å². The predicted octanol–water partition coefficient (Wildman–Crippen LogP) is 3.42. The van der Waals surface area contributed by atoms with Gasteiger partial charge in [0.15, 0.2) is 0 Å². The minimum Gasteiger partial charge on any atom is -0.496 e. The van der Waals surface area contributed by atoms with Crippen molar-refractivity contribution in [1.29, 1.82) is 0 Å². The van der Waals surface area contributed by atoms with E-state index in [1.54, 1.807) is 13.2 Å². The zero-order chi connectivity index (χ0) is 13.2. The second-order valence-electron chi connectivity index (χ2n) is 4.63. The highest BCUT2D eigenvalue weighted by atomic mass is 16.5. The summed E-state index contributed by atoms with van der Waals surface area (Å²) < 4.78 is 5.40. The number of nitrogens with zero attached hydrogens (tertiary/aromatic N) is 1. The van der Waals surface area contributed by atoms with Crippen molar-refractivity contribution >= 4 is 16.9 Å². The van der Waals surface area contributed by atoms with Crippen LogP contribution in [0.15, 0.2) is 41.4 Å². The summed E-state index contributed by atoms with van der Waals surface area (Å²) in [6, 6.07) is 11.9. The fourth-order valence-corrected chi connectivity index (χ4v) is 2.22. The Morgan fingerprint density at radius 2 is 1.89 bits per heavy atom. The van der Waals surface area contributed by atoms with E-state index in [4.69, 9.17) is 4.74 Å². The molecule has 3 nitrogen and oxygen atoms in total. The van der Waals surface area contributed by atoms with Gasteiger partial charge in [0.05, 0.1) is 12.6 Å². The van der Waals surface area contributed by atoms with Gasteiger partial charge >= 0.3 is 0 Å². The van der Waals surface area contributed by atoms with Crippen LogP contribution in [-0.2, 0) is 10.3 Å². The number of rotatable bonds is 3. The highest BCUT2D eigenvalue weighted by molar-refractivity contribution is 5.88. The number of aliphatic imine (C=N–C) groups is 1. The summed E-state index contributed by atoms with van der Waals surface area (Å²) >= 11 is 0. The molecule has 0 unspecified atom stereocenters. The topological polar surface area (TPSA) is 38.7 Å². The van der Waals surface area contributed by atoms with Gasteiger partial charge in [-0.25, -0.2) is 4.79 Å². The number of hydrogen-bond acceptors (Lipinski definition) is 3. The zero-order valence-electron chi connectivity index (χ0n) is 10.7. The molecule has 2 aromatic rings. The Bertz CT molecular complexity index is 625. The molecule has 0 spiro atoms. The largest absolute Gasteiger partial charge is 0.496 e. The molecule has 2 rings (SSSR count). The summed E-state index contributed by atoms with van der Waals surface area (Å²) in [5, 5.41) is 2.14. The molecule has 0 heterocycles. The van der Waals surface area contributed by atoms with Gasteiger partial charge in [-0.05, 0) is 30.7 Å². The van der Waals surface area contributed by atoms with Crippen molar-refractivity contribution in [2.24, 2.45) is 4.99 Å². The highest BCUT2D eigenvalue weighted by Gasteiger charge is 2.26. The molecule has 0 saturated heterocycles. The van der Waals surface area contributed by atoms with Crippen molar-refractivity contribution < 1.29 is 9.53 Å². The van der Waals surface area contributed by atoms with Gasteiger partial charge in [0, 0.05) is 5.56 Å². The van der Waals surface area contributed by atoms with Gasteiger partial charge in [0.25, 0.3) is 0 Å². The van der Waals surface area contributed by atoms with Crippen molar-refractivity contribution in [2.45, 2.75) is 19.4 Å². The van der Waals surface area contributed by atoms with Crippen LogP contribution in [0.25, 0.3) is 10.8 Å². The van der Waals surface area contributed by atoms with Crippen LogP contribution < -0.4 is 4.74 Å². The molecular weight excluding hydrogens is 226 g/mol. The number of ether oxygens (including phenoxy) is 1. The molecule has 0 aliphatic carbocycles. The third kappa shape index (κ3) is 2.01. The first kappa shape index (κ1) is 12.3. The van der Waals surface area contributed by atoms with Crippen molar-refractivity contribution in [3.8, 4) is 5.75 Å². The molecule has 0 aromatic heterocycles. The maximum Gasteiger partial charge on any atom is 0.235 e. The maximum atomic E-state index is 10.6. The number of benzene rings is 2. The smallest absolute Gasteiger partial charge is 0.235 e. The Hall–Kier alpha value is -2.12. The molecule has 18 heavy (non-hydrogen) atoms. The Labute approximate surface area is 106 Å². The Morgan fingerprint density at radius 3 is 2.56 bits per heavy atom. The van der Waals surface area contributed by atoms with Gasteiger partial charge in [-0.2, -0.15) is 4.99 Å². The van der Waals surface area contributed by atoms with Gasteiger partial charge in [0.1, 0.15) is 5.75 Å². The summed E-state index contributed by atoms with van der Waals surface area (Å²) in [5.74, 6) is 0.734. The van der Waals surface area contributed by atoms with E-state index >= 15 is 0 Å². The van der Waals surface area contributed by atoms with E-state index in [-0.39, 0.29) is 0 Å². The van der Waals surface area contributed by atoms with Crippen LogP contribution in [0.4, 0.5) is 0 Å². The standard InChI is InChI=1S/C15H15NO2/c1-15(2,16-10-17)14-12-7-5-4-6-11(12)8-9-13(14)18-3/h4-9H,1-3H3. The fraction of sp³-hybridized carbons (Fsp3) is 0.267. The number of carbonyl (C=O) groups excluding carboxylic acids is 1. The lowest BCUT2D eigenvalue weighted by Gasteiger charge is -2.23. The summed E-state index contributed by atoms with van der Waals surface area (Å²) in [6.45, 7) is 3.75. The average molecular weight is 241 g/mol. The second-order valence-corrected chi connectivity index (χ2v) is 4.63. The number of isocyanates is 1. The van der Waals surface area contributed by atoms with Crippen molar-refractivity contribution in [1.82, 2.24) is 0 Å². The van der Waals surface area contributed by atoms with Crippen LogP contribution >= 0.6 is 0 Å². The molecule has 0 aliphatic rings.